The molecule has 0 amide bonds. The van der Waals surface area contributed by atoms with E-state index in [-0.39, 0.29) is 6.17 Å². The number of thiophene rings is 1. The zero-order valence-electron chi connectivity index (χ0n) is 29.0. The molecule has 0 radical (unpaired) electrons. The molecule has 0 saturated heterocycles. The summed E-state index contributed by atoms with van der Waals surface area (Å²) in [5.41, 5.74) is 9.30. The Morgan fingerprint density at radius 3 is 2.11 bits per heavy atom. The van der Waals surface area contributed by atoms with Gasteiger partial charge >= 0.3 is 0 Å². The fourth-order valence-corrected chi connectivity index (χ4v) is 8.90. The van der Waals surface area contributed by atoms with Crippen LogP contribution in [-0.2, 0) is 0 Å². The highest BCUT2D eigenvalue weighted by atomic mass is 32.1. The van der Waals surface area contributed by atoms with Crippen LogP contribution < -0.4 is 5.32 Å². The maximum atomic E-state index is 6.60. The number of fused-ring (bicyclic) bond motifs is 7. The van der Waals surface area contributed by atoms with Crippen LogP contribution >= 0.6 is 11.3 Å². The van der Waals surface area contributed by atoms with Gasteiger partial charge in [0.15, 0.2) is 5.84 Å². The van der Waals surface area contributed by atoms with E-state index in [1.165, 1.54) is 42.1 Å². The lowest BCUT2D eigenvalue weighted by Gasteiger charge is -2.24. The molecule has 1 N–H and O–H groups in total. The normalized spacial score (nSPS) is 14.5. The largest absolute Gasteiger partial charge is 0.456 e. The van der Waals surface area contributed by atoms with E-state index in [0.717, 1.165) is 55.6 Å². The van der Waals surface area contributed by atoms with Gasteiger partial charge in [0.25, 0.3) is 0 Å². The Morgan fingerprint density at radius 2 is 1.20 bits per heavy atom. The molecule has 4 nitrogen and oxygen atoms in total. The average Bonchev–Trinajstić information content (AvgIpc) is 3.81. The van der Waals surface area contributed by atoms with Gasteiger partial charge in [-0.3, -0.25) is 0 Å². The monoisotopic (exact) mass is 709 g/mol. The van der Waals surface area contributed by atoms with Crippen LogP contribution in [0, 0.1) is 0 Å². The van der Waals surface area contributed by atoms with Crippen molar-refractivity contribution in [2.24, 2.45) is 9.98 Å². The van der Waals surface area contributed by atoms with E-state index in [2.05, 4.69) is 163 Å². The number of nitrogens with one attached hydrogen (secondary N) is 1. The molecule has 0 fully saturated rings. The first-order chi connectivity index (χ1) is 26.7. The lowest BCUT2D eigenvalue weighted by molar-refractivity contribution is 0.668. The third-order valence-electron chi connectivity index (χ3n) is 10.5. The van der Waals surface area contributed by atoms with Gasteiger partial charge in [0.05, 0.1) is 0 Å². The molecule has 54 heavy (non-hydrogen) atoms. The Morgan fingerprint density at radius 1 is 0.481 bits per heavy atom. The summed E-state index contributed by atoms with van der Waals surface area (Å²) in [5.74, 6) is 1.45. The van der Waals surface area contributed by atoms with Gasteiger partial charge in [-0.1, -0.05) is 133 Å². The fourth-order valence-electron chi connectivity index (χ4n) is 7.81. The van der Waals surface area contributed by atoms with Gasteiger partial charge in [0.1, 0.15) is 23.2 Å². The maximum Gasteiger partial charge on any atom is 0.159 e. The van der Waals surface area contributed by atoms with Gasteiger partial charge in [-0.15, -0.1) is 11.3 Å². The van der Waals surface area contributed by atoms with Gasteiger partial charge in [-0.05, 0) is 81.1 Å². The molecule has 254 valence electrons. The predicted molar refractivity (Wildman–Crippen MR) is 227 cm³/mol. The highest BCUT2D eigenvalue weighted by Gasteiger charge is 2.24. The van der Waals surface area contributed by atoms with E-state index in [1.54, 1.807) is 0 Å². The van der Waals surface area contributed by atoms with Crippen molar-refractivity contribution in [1.82, 2.24) is 5.32 Å². The third kappa shape index (κ3) is 5.20. The van der Waals surface area contributed by atoms with Crippen molar-refractivity contribution < 1.29 is 4.42 Å². The summed E-state index contributed by atoms with van der Waals surface area (Å²) < 4.78 is 9.21. The summed E-state index contributed by atoms with van der Waals surface area (Å²) in [6.07, 6.45) is -0.339. The molecular weight excluding hydrogens is 679 g/mol. The topological polar surface area (TPSA) is 49.9 Å². The standard InChI is InChI=1S/C49H31N3OS/c1-2-9-30(10-3-1)32-17-20-33(21-18-32)47-50-48(37-22-19-31-11-4-5-12-34(31)27-37)52-49(51-47)40-14-8-15-42-46(40)39-25-23-36(29-43(39)53-42)35-24-26-45-41(28-35)38-13-6-7-16-44(38)54-45/h1-29,48H,(H,50,51,52). The zero-order valence-corrected chi connectivity index (χ0v) is 29.8. The van der Waals surface area contributed by atoms with Gasteiger partial charge < -0.3 is 9.73 Å². The number of amidine groups is 2. The van der Waals surface area contributed by atoms with Crippen LogP contribution in [0.3, 0.4) is 0 Å². The van der Waals surface area contributed by atoms with Gasteiger partial charge in [0.2, 0.25) is 0 Å². The summed E-state index contributed by atoms with van der Waals surface area (Å²) in [4.78, 5) is 10.4. The Labute approximate surface area is 315 Å². The van der Waals surface area contributed by atoms with E-state index in [9.17, 15) is 0 Å². The van der Waals surface area contributed by atoms with Crippen molar-refractivity contribution in [2.45, 2.75) is 6.17 Å². The van der Waals surface area contributed by atoms with E-state index >= 15 is 0 Å². The van der Waals surface area contributed by atoms with Crippen LogP contribution in [0.25, 0.3) is 75.1 Å². The van der Waals surface area contributed by atoms with Gasteiger partial charge in [-0.2, -0.15) is 0 Å². The zero-order chi connectivity index (χ0) is 35.6. The summed E-state index contributed by atoms with van der Waals surface area (Å²) in [6.45, 7) is 0. The predicted octanol–water partition coefficient (Wildman–Crippen LogP) is 12.9. The molecule has 8 aromatic carbocycles. The van der Waals surface area contributed by atoms with Crippen LogP contribution in [0.2, 0.25) is 0 Å². The SMILES string of the molecule is c1ccc(-c2ccc(C3=NC(c4ccc5ccccc5c4)NC(c4cccc5oc6cc(-c7ccc8sc9ccccc9c8c7)ccc6c45)=N3)cc2)cc1. The molecular formula is C49H31N3OS. The lowest BCUT2D eigenvalue weighted by atomic mass is 9.99. The summed E-state index contributed by atoms with van der Waals surface area (Å²) >= 11 is 1.84. The molecule has 5 heteroatoms. The first kappa shape index (κ1) is 30.8. The fraction of sp³-hybridized carbons (Fsp3) is 0.0204. The first-order valence-electron chi connectivity index (χ1n) is 18.2. The molecule has 0 bridgehead atoms. The molecule has 0 aliphatic carbocycles. The number of furan rings is 1. The van der Waals surface area contributed by atoms with Crippen molar-refractivity contribution >= 4 is 75.9 Å². The minimum absolute atomic E-state index is 0.339. The minimum Gasteiger partial charge on any atom is -0.456 e. The molecule has 11 rings (SSSR count). The van der Waals surface area contributed by atoms with Crippen LogP contribution in [0.4, 0.5) is 0 Å². The second-order valence-corrected chi connectivity index (χ2v) is 14.9. The number of benzene rings is 8. The van der Waals surface area contributed by atoms with E-state index in [0.29, 0.717) is 5.84 Å². The quantitative estimate of drug-likeness (QED) is 0.193. The van der Waals surface area contributed by atoms with Crippen LogP contribution in [0.15, 0.2) is 190 Å². The smallest absolute Gasteiger partial charge is 0.159 e. The molecule has 1 atom stereocenters. The molecule has 10 aromatic rings. The van der Waals surface area contributed by atoms with Crippen molar-refractivity contribution in [3.05, 3.63) is 193 Å². The van der Waals surface area contributed by atoms with E-state index < -0.39 is 0 Å². The number of nitrogens with zero attached hydrogens (tertiary/aromatic N) is 2. The van der Waals surface area contributed by atoms with E-state index in [1.807, 2.05) is 29.5 Å². The first-order valence-corrected chi connectivity index (χ1v) is 19.0. The van der Waals surface area contributed by atoms with Crippen molar-refractivity contribution in [3.8, 4) is 22.3 Å². The average molecular weight is 710 g/mol. The summed E-state index contributed by atoms with van der Waals surface area (Å²) in [7, 11) is 0. The maximum absolute atomic E-state index is 6.60. The Hall–Kier alpha value is -6.82. The second kappa shape index (κ2) is 12.4. The molecule has 3 heterocycles. The molecule has 1 aliphatic heterocycles. The third-order valence-corrected chi connectivity index (χ3v) is 11.7. The van der Waals surface area contributed by atoms with Crippen molar-refractivity contribution in [1.29, 1.82) is 0 Å². The molecule has 2 aromatic heterocycles. The van der Waals surface area contributed by atoms with Crippen molar-refractivity contribution in [2.75, 3.05) is 0 Å². The highest BCUT2D eigenvalue weighted by molar-refractivity contribution is 7.25. The van der Waals surface area contributed by atoms with E-state index in [4.69, 9.17) is 14.4 Å². The lowest BCUT2D eigenvalue weighted by Crippen LogP contribution is -2.33. The summed E-state index contributed by atoms with van der Waals surface area (Å²) in [6, 6.07) is 62.2. The number of hydrogen-bond donors (Lipinski definition) is 1. The van der Waals surface area contributed by atoms with Crippen LogP contribution in [0.1, 0.15) is 22.9 Å². The van der Waals surface area contributed by atoms with Crippen LogP contribution in [0.5, 0.6) is 0 Å². The Kier molecular flexibility index (Phi) is 7.07. The molecule has 0 saturated carbocycles. The second-order valence-electron chi connectivity index (χ2n) is 13.8. The van der Waals surface area contributed by atoms with Gasteiger partial charge in [-0.25, -0.2) is 9.98 Å². The molecule has 1 unspecified atom stereocenters. The minimum atomic E-state index is -0.339. The Balaban J connectivity index is 1.02. The summed E-state index contributed by atoms with van der Waals surface area (Å²) in [5, 5.41) is 10.8. The van der Waals surface area contributed by atoms with Gasteiger partial charge in [0, 0.05) is 42.1 Å². The highest BCUT2D eigenvalue weighted by Crippen LogP contribution is 2.39. The van der Waals surface area contributed by atoms with Crippen LogP contribution in [-0.4, -0.2) is 11.7 Å². The Bertz CT molecular complexity index is 3140. The number of rotatable bonds is 5. The molecule has 0 spiro atoms. The molecule has 1 aliphatic rings. The number of hydrogen-bond acceptors (Lipinski definition) is 5. The van der Waals surface area contributed by atoms with Crippen molar-refractivity contribution in [3.63, 3.8) is 0 Å². The number of aliphatic imine (C=N–C) groups is 2.